The highest BCUT2D eigenvalue weighted by Crippen LogP contribution is 2.28. The van der Waals surface area contributed by atoms with Crippen molar-refractivity contribution in [3.8, 4) is 0 Å². The lowest BCUT2D eigenvalue weighted by Crippen LogP contribution is -2.32. The normalized spacial score (nSPS) is 15.3. The summed E-state index contributed by atoms with van der Waals surface area (Å²) in [5.41, 5.74) is 8.42. The highest BCUT2D eigenvalue weighted by atomic mass is 16.2. The Kier molecular flexibility index (Phi) is 3.85. The second-order valence-electron chi connectivity index (χ2n) is 4.95. The molecule has 3 N–H and O–H groups in total. The minimum atomic E-state index is -0.179. The van der Waals surface area contributed by atoms with Crippen LogP contribution in [0.5, 0.6) is 0 Å². The van der Waals surface area contributed by atoms with Crippen molar-refractivity contribution in [2.45, 2.75) is 19.9 Å². The van der Waals surface area contributed by atoms with E-state index in [1.54, 1.807) is 18.9 Å². The van der Waals surface area contributed by atoms with Gasteiger partial charge >= 0.3 is 0 Å². The fourth-order valence-corrected chi connectivity index (χ4v) is 2.10. The van der Waals surface area contributed by atoms with Crippen LogP contribution in [0.4, 0.5) is 5.69 Å². The lowest BCUT2D eigenvalue weighted by molar-refractivity contribution is -0.124. The summed E-state index contributed by atoms with van der Waals surface area (Å²) in [7, 11) is 1.78. The van der Waals surface area contributed by atoms with Gasteiger partial charge in [0.1, 0.15) is 0 Å². The zero-order chi connectivity index (χ0) is 14.0. The number of nitrogens with two attached hydrogens (primary N) is 1. The zero-order valence-electron chi connectivity index (χ0n) is 11.3. The summed E-state index contributed by atoms with van der Waals surface area (Å²) in [4.78, 5) is 24.9. The number of anilines is 1. The molecule has 1 aromatic rings. The molecular formula is C14H19N3O2. The lowest BCUT2D eigenvalue weighted by Gasteiger charge is -2.12. The van der Waals surface area contributed by atoms with Gasteiger partial charge in [0.05, 0.1) is 6.42 Å². The summed E-state index contributed by atoms with van der Waals surface area (Å²) >= 11 is 0. The number of carbonyl (C=O) groups is 2. The Balaban J connectivity index is 2.02. The van der Waals surface area contributed by atoms with E-state index < -0.39 is 0 Å². The summed E-state index contributed by atoms with van der Waals surface area (Å²) in [5.74, 6) is -0.119. The summed E-state index contributed by atoms with van der Waals surface area (Å²) in [5, 5.41) is 2.85. The van der Waals surface area contributed by atoms with E-state index in [1.165, 1.54) is 0 Å². The van der Waals surface area contributed by atoms with Crippen LogP contribution in [0.15, 0.2) is 18.2 Å². The minimum Gasteiger partial charge on any atom is -0.352 e. The fourth-order valence-electron chi connectivity index (χ4n) is 2.10. The van der Waals surface area contributed by atoms with Crippen molar-refractivity contribution in [1.82, 2.24) is 5.32 Å². The standard InChI is InChI=1S/C14H19N3O2/c1-9(7-15)14(19)16-8-10-3-4-12-11(5-10)6-13(18)17(12)2/h3-5,9H,6-8,15H2,1-2H3,(H,16,19). The van der Waals surface area contributed by atoms with Gasteiger partial charge in [-0.1, -0.05) is 19.1 Å². The SMILES string of the molecule is CC(CN)C(=O)NCc1ccc2c(c1)CC(=O)N2C. The predicted octanol–water partition coefficient (Wildman–Crippen LogP) is 0.417. The van der Waals surface area contributed by atoms with Crippen molar-refractivity contribution in [2.75, 3.05) is 18.5 Å². The predicted molar refractivity (Wildman–Crippen MR) is 73.6 cm³/mol. The quantitative estimate of drug-likeness (QED) is 0.824. The second kappa shape index (κ2) is 5.40. The Hall–Kier alpha value is -1.88. The van der Waals surface area contributed by atoms with Gasteiger partial charge in [0.25, 0.3) is 0 Å². The first kappa shape index (κ1) is 13.5. The molecule has 102 valence electrons. The number of rotatable bonds is 4. The van der Waals surface area contributed by atoms with E-state index in [4.69, 9.17) is 5.73 Å². The van der Waals surface area contributed by atoms with Crippen LogP contribution >= 0.6 is 0 Å². The van der Waals surface area contributed by atoms with E-state index in [1.807, 2.05) is 18.2 Å². The molecule has 1 heterocycles. The van der Waals surface area contributed by atoms with Crippen molar-refractivity contribution in [3.63, 3.8) is 0 Å². The van der Waals surface area contributed by atoms with Gasteiger partial charge in [0.2, 0.25) is 11.8 Å². The Morgan fingerprint density at radius 3 is 2.95 bits per heavy atom. The third-order valence-corrected chi connectivity index (χ3v) is 3.49. The van der Waals surface area contributed by atoms with E-state index in [9.17, 15) is 9.59 Å². The van der Waals surface area contributed by atoms with Crippen LogP contribution in [-0.4, -0.2) is 25.4 Å². The van der Waals surface area contributed by atoms with Crippen LogP contribution in [0.25, 0.3) is 0 Å². The van der Waals surface area contributed by atoms with Gasteiger partial charge in [0, 0.05) is 31.7 Å². The van der Waals surface area contributed by atoms with Gasteiger partial charge in [-0.05, 0) is 17.2 Å². The Morgan fingerprint density at radius 1 is 1.53 bits per heavy atom. The highest BCUT2D eigenvalue weighted by Gasteiger charge is 2.23. The number of fused-ring (bicyclic) bond motifs is 1. The summed E-state index contributed by atoms with van der Waals surface area (Å²) in [6.45, 7) is 2.61. The molecule has 1 aliphatic heterocycles. The van der Waals surface area contributed by atoms with E-state index in [0.29, 0.717) is 19.5 Å². The van der Waals surface area contributed by atoms with Crippen molar-refractivity contribution >= 4 is 17.5 Å². The molecule has 19 heavy (non-hydrogen) atoms. The van der Waals surface area contributed by atoms with Crippen molar-refractivity contribution < 1.29 is 9.59 Å². The molecule has 2 rings (SSSR count). The van der Waals surface area contributed by atoms with Gasteiger partial charge < -0.3 is 16.0 Å². The van der Waals surface area contributed by atoms with Crippen LogP contribution in [0.3, 0.4) is 0 Å². The molecule has 2 amide bonds. The number of carbonyl (C=O) groups excluding carboxylic acids is 2. The van der Waals surface area contributed by atoms with E-state index in [2.05, 4.69) is 5.32 Å². The third kappa shape index (κ3) is 2.76. The molecule has 1 unspecified atom stereocenters. The smallest absolute Gasteiger partial charge is 0.231 e. The monoisotopic (exact) mass is 261 g/mol. The van der Waals surface area contributed by atoms with Gasteiger partial charge in [0.15, 0.2) is 0 Å². The molecule has 1 aliphatic rings. The zero-order valence-corrected chi connectivity index (χ0v) is 11.3. The summed E-state index contributed by atoms with van der Waals surface area (Å²) in [6.07, 6.45) is 0.437. The van der Waals surface area contributed by atoms with Gasteiger partial charge in [-0.2, -0.15) is 0 Å². The number of benzene rings is 1. The van der Waals surface area contributed by atoms with Gasteiger partial charge in [-0.25, -0.2) is 0 Å². The first-order valence-corrected chi connectivity index (χ1v) is 6.39. The number of hydrogen-bond donors (Lipinski definition) is 2. The van der Waals surface area contributed by atoms with Crippen LogP contribution in [0.2, 0.25) is 0 Å². The van der Waals surface area contributed by atoms with Crippen LogP contribution in [0.1, 0.15) is 18.1 Å². The summed E-state index contributed by atoms with van der Waals surface area (Å²) < 4.78 is 0. The molecule has 5 heteroatoms. The molecule has 0 aromatic heterocycles. The first-order chi connectivity index (χ1) is 9.02. The molecule has 0 radical (unpaired) electrons. The molecule has 1 atom stereocenters. The fraction of sp³-hybridized carbons (Fsp3) is 0.429. The molecule has 0 saturated carbocycles. The largest absolute Gasteiger partial charge is 0.352 e. The second-order valence-corrected chi connectivity index (χ2v) is 4.95. The molecule has 0 fully saturated rings. The van der Waals surface area contributed by atoms with Crippen molar-refractivity contribution in [3.05, 3.63) is 29.3 Å². The molecule has 0 bridgehead atoms. The first-order valence-electron chi connectivity index (χ1n) is 6.39. The molecular weight excluding hydrogens is 242 g/mol. The van der Waals surface area contributed by atoms with Gasteiger partial charge in [-0.3, -0.25) is 9.59 Å². The average Bonchev–Trinajstić information content (AvgIpc) is 2.70. The number of likely N-dealkylation sites (N-methyl/N-ethyl adjacent to an activating group) is 1. The molecule has 0 aliphatic carbocycles. The highest BCUT2D eigenvalue weighted by molar-refractivity contribution is 6.00. The van der Waals surface area contributed by atoms with Crippen molar-refractivity contribution in [1.29, 1.82) is 0 Å². The maximum absolute atomic E-state index is 11.6. The Labute approximate surface area is 112 Å². The molecule has 0 spiro atoms. The van der Waals surface area contributed by atoms with Crippen LogP contribution in [0, 0.1) is 5.92 Å². The van der Waals surface area contributed by atoms with Crippen LogP contribution in [-0.2, 0) is 22.6 Å². The molecule has 1 aromatic carbocycles. The van der Waals surface area contributed by atoms with E-state index in [0.717, 1.165) is 16.8 Å². The Morgan fingerprint density at radius 2 is 2.26 bits per heavy atom. The van der Waals surface area contributed by atoms with Crippen LogP contribution < -0.4 is 16.0 Å². The third-order valence-electron chi connectivity index (χ3n) is 3.49. The van der Waals surface area contributed by atoms with E-state index in [-0.39, 0.29) is 17.7 Å². The topological polar surface area (TPSA) is 75.4 Å². The maximum Gasteiger partial charge on any atom is 0.231 e. The number of amides is 2. The Bertz CT molecular complexity index is 513. The van der Waals surface area contributed by atoms with E-state index >= 15 is 0 Å². The lowest BCUT2D eigenvalue weighted by atomic mass is 10.1. The number of hydrogen-bond acceptors (Lipinski definition) is 3. The summed E-state index contributed by atoms with van der Waals surface area (Å²) in [6, 6.07) is 5.83. The molecule has 0 saturated heterocycles. The van der Waals surface area contributed by atoms with Crippen molar-refractivity contribution in [2.24, 2.45) is 11.7 Å². The minimum absolute atomic E-state index is 0.0452. The molecule has 5 nitrogen and oxygen atoms in total. The number of nitrogens with one attached hydrogen (secondary N) is 1. The average molecular weight is 261 g/mol. The van der Waals surface area contributed by atoms with Gasteiger partial charge in [-0.15, -0.1) is 0 Å². The number of nitrogens with zero attached hydrogens (tertiary/aromatic N) is 1. The maximum atomic E-state index is 11.6.